The molecule has 2 rings (SSSR count). The topological polar surface area (TPSA) is 41.5 Å². The first-order valence-corrected chi connectivity index (χ1v) is 6.19. The Balaban J connectivity index is 2.07. The molecule has 0 bridgehead atoms. The van der Waals surface area contributed by atoms with Gasteiger partial charge in [0.25, 0.3) is 0 Å². The normalized spacial score (nSPS) is 10.6. The summed E-state index contributed by atoms with van der Waals surface area (Å²) in [7, 11) is 0. The van der Waals surface area contributed by atoms with E-state index in [1.165, 1.54) is 18.2 Å². The van der Waals surface area contributed by atoms with Crippen LogP contribution in [0.25, 0.3) is 0 Å². The first-order chi connectivity index (χ1) is 9.56. The second-order valence-electron chi connectivity index (χ2n) is 4.00. The summed E-state index contributed by atoms with van der Waals surface area (Å²) < 4.78 is 28.5. The van der Waals surface area contributed by atoms with E-state index in [0.717, 1.165) is 0 Å². The summed E-state index contributed by atoms with van der Waals surface area (Å²) in [5.74, 6) is 0.137. The minimum atomic E-state index is -2.86. The Bertz CT molecular complexity index is 573. The van der Waals surface area contributed by atoms with Gasteiger partial charge in [-0.2, -0.15) is 8.78 Å². The molecule has 6 heteroatoms. The third kappa shape index (κ3) is 3.74. The van der Waals surface area contributed by atoms with Crippen LogP contribution in [0.5, 0.6) is 11.5 Å². The summed E-state index contributed by atoms with van der Waals surface area (Å²) in [6.45, 7) is -2.60. The van der Waals surface area contributed by atoms with Crippen molar-refractivity contribution in [1.29, 1.82) is 0 Å². The van der Waals surface area contributed by atoms with Gasteiger partial charge in [-0.1, -0.05) is 23.7 Å². The third-order valence-corrected chi connectivity index (χ3v) is 2.98. The van der Waals surface area contributed by atoms with Crippen LogP contribution < -0.4 is 10.1 Å². The summed E-state index contributed by atoms with van der Waals surface area (Å²) in [6, 6.07) is 11.0. The molecule has 0 aliphatic heterocycles. The molecule has 106 valence electrons. The van der Waals surface area contributed by atoms with Crippen molar-refractivity contribution in [2.24, 2.45) is 0 Å². The number of aromatic hydroxyl groups is 1. The number of phenolic OH excluding ortho intramolecular Hbond substituents is 1. The van der Waals surface area contributed by atoms with E-state index in [9.17, 15) is 13.9 Å². The van der Waals surface area contributed by atoms with Crippen LogP contribution in [0.15, 0.2) is 42.5 Å². The van der Waals surface area contributed by atoms with E-state index in [2.05, 4.69) is 10.1 Å². The number of benzene rings is 2. The molecule has 0 spiro atoms. The third-order valence-electron chi connectivity index (χ3n) is 2.62. The zero-order valence-electron chi connectivity index (χ0n) is 10.3. The number of ether oxygens (including phenoxy) is 1. The van der Waals surface area contributed by atoms with Gasteiger partial charge in [0.1, 0.15) is 11.5 Å². The van der Waals surface area contributed by atoms with Crippen molar-refractivity contribution in [3.8, 4) is 11.5 Å². The first kappa shape index (κ1) is 14.4. The summed E-state index contributed by atoms with van der Waals surface area (Å²) in [6.07, 6.45) is 0. The zero-order valence-corrected chi connectivity index (χ0v) is 11.1. The molecule has 0 saturated carbocycles. The summed E-state index contributed by atoms with van der Waals surface area (Å²) in [4.78, 5) is 0. The molecule has 3 nitrogen and oxygen atoms in total. The Kier molecular flexibility index (Phi) is 4.63. The van der Waals surface area contributed by atoms with E-state index in [0.29, 0.717) is 16.3 Å². The van der Waals surface area contributed by atoms with Gasteiger partial charge < -0.3 is 15.2 Å². The molecule has 0 unspecified atom stereocenters. The Labute approximate surface area is 119 Å². The van der Waals surface area contributed by atoms with Gasteiger partial charge in [0.05, 0.1) is 0 Å². The van der Waals surface area contributed by atoms with Crippen molar-refractivity contribution in [3.05, 3.63) is 53.1 Å². The van der Waals surface area contributed by atoms with E-state index >= 15 is 0 Å². The molecule has 0 aromatic heterocycles. The molecule has 0 aliphatic rings. The minimum absolute atomic E-state index is 0.0633. The number of hydrogen-bond acceptors (Lipinski definition) is 3. The fraction of sp³-hybridized carbons (Fsp3) is 0.143. The van der Waals surface area contributed by atoms with Crippen LogP contribution in [-0.2, 0) is 6.54 Å². The molecule has 20 heavy (non-hydrogen) atoms. The van der Waals surface area contributed by atoms with Crippen molar-refractivity contribution >= 4 is 17.3 Å². The van der Waals surface area contributed by atoms with E-state index < -0.39 is 6.61 Å². The van der Waals surface area contributed by atoms with Crippen LogP contribution in [0.3, 0.4) is 0 Å². The van der Waals surface area contributed by atoms with Gasteiger partial charge in [-0.05, 0) is 24.3 Å². The highest BCUT2D eigenvalue weighted by molar-refractivity contribution is 6.31. The quantitative estimate of drug-likeness (QED) is 0.867. The lowest BCUT2D eigenvalue weighted by Crippen LogP contribution is -2.03. The first-order valence-electron chi connectivity index (χ1n) is 5.81. The molecule has 0 fully saturated rings. The monoisotopic (exact) mass is 299 g/mol. The van der Waals surface area contributed by atoms with Crippen molar-refractivity contribution in [2.45, 2.75) is 13.2 Å². The molecule has 2 aromatic carbocycles. The molecule has 0 aliphatic carbocycles. The van der Waals surface area contributed by atoms with Gasteiger partial charge in [-0.25, -0.2) is 0 Å². The number of anilines is 1. The van der Waals surface area contributed by atoms with Crippen molar-refractivity contribution < 1.29 is 18.6 Å². The maximum Gasteiger partial charge on any atom is 0.387 e. The fourth-order valence-corrected chi connectivity index (χ4v) is 1.93. The number of halogens is 3. The highest BCUT2D eigenvalue weighted by Gasteiger charge is 2.07. The second-order valence-corrected chi connectivity index (χ2v) is 4.40. The second kappa shape index (κ2) is 6.43. The van der Waals surface area contributed by atoms with Crippen LogP contribution in [0.4, 0.5) is 14.5 Å². The summed E-state index contributed by atoms with van der Waals surface area (Å²) in [5.41, 5.74) is 1.12. The molecule has 0 heterocycles. The average molecular weight is 300 g/mol. The van der Waals surface area contributed by atoms with Crippen molar-refractivity contribution in [1.82, 2.24) is 0 Å². The highest BCUT2D eigenvalue weighted by atomic mass is 35.5. The van der Waals surface area contributed by atoms with Gasteiger partial charge >= 0.3 is 6.61 Å². The highest BCUT2D eigenvalue weighted by Crippen LogP contribution is 2.27. The maximum atomic E-state index is 12.1. The molecule has 0 radical (unpaired) electrons. The Morgan fingerprint density at radius 3 is 2.65 bits per heavy atom. The average Bonchev–Trinajstić information content (AvgIpc) is 2.38. The molecular formula is C14H12ClF2NO2. The van der Waals surface area contributed by atoms with Crippen LogP contribution in [0, 0.1) is 0 Å². The Hall–Kier alpha value is -2.01. The molecular weight excluding hydrogens is 288 g/mol. The van der Waals surface area contributed by atoms with Gasteiger partial charge in [0.2, 0.25) is 0 Å². The SMILES string of the molecule is Oc1cccc(Cl)c1CNc1cccc(OC(F)F)c1. The largest absolute Gasteiger partial charge is 0.508 e. The molecule has 0 atom stereocenters. The predicted molar refractivity (Wildman–Crippen MR) is 73.5 cm³/mol. The van der Waals surface area contributed by atoms with Crippen LogP contribution in [0.1, 0.15) is 5.56 Å². The van der Waals surface area contributed by atoms with Crippen LogP contribution in [0.2, 0.25) is 5.02 Å². The lowest BCUT2D eigenvalue weighted by Gasteiger charge is -2.11. The molecule has 0 saturated heterocycles. The molecule has 0 amide bonds. The van der Waals surface area contributed by atoms with Gasteiger partial charge in [0.15, 0.2) is 0 Å². The maximum absolute atomic E-state index is 12.1. The van der Waals surface area contributed by atoms with E-state index in [1.54, 1.807) is 24.3 Å². The van der Waals surface area contributed by atoms with Crippen LogP contribution >= 0.6 is 11.6 Å². The van der Waals surface area contributed by atoms with Crippen molar-refractivity contribution in [3.63, 3.8) is 0 Å². The van der Waals surface area contributed by atoms with Crippen molar-refractivity contribution in [2.75, 3.05) is 5.32 Å². The number of alkyl halides is 2. The van der Waals surface area contributed by atoms with Gasteiger partial charge in [-0.15, -0.1) is 0 Å². The Morgan fingerprint density at radius 2 is 1.95 bits per heavy atom. The minimum Gasteiger partial charge on any atom is -0.508 e. The number of phenols is 1. The zero-order chi connectivity index (χ0) is 14.5. The standard InChI is InChI=1S/C14H12ClF2NO2/c15-12-5-2-6-13(19)11(12)8-18-9-3-1-4-10(7-9)20-14(16)17/h1-7,14,18-19H,8H2. The van der Waals surface area contributed by atoms with E-state index in [4.69, 9.17) is 11.6 Å². The van der Waals surface area contributed by atoms with E-state index in [1.807, 2.05) is 0 Å². The van der Waals surface area contributed by atoms with Gasteiger partial charge in [0, 0.05) is 28.9 Å². The fourth-order valence-electron chi connectivity index (χ4n) is 1.69. The number of rotatable bonds is 5. The van der Waals surface area contributed by atoms with E-state index in [-0.39, 0.29) is 18.0 Å². The number of nitrogens with one attached hydrogen (secondary N) is 1. The predicted octanol–water partition coefficient (Wildman–Crippen LogP) is 4.26. The summed E-state index contributed by atoms with van der Waals surface area (Å²) >= 11 is 5.97. The lowest BCUT2D eigenvalue weighted by atomic mass is 10.2. The Morgan fingerprint density at radius 1 is 1.20 bits per heavy atom. The molecule has 2 aromatic rings. The van der Waals surface area contributed by atoms with Gasteiger partial charge in [-0.3, -0.25) is 0 Å². The smallest absolute Gasteiger partial charge is 0.387 e. The lowest BCUT2D eigenvalue weighted by molar-refractivity contribution is -0.0498. The number of hydrogen-bond donors (Lipinski definition) is 2. The summed E-state index contributed by atoms with van der Waals surface area (Å²) in [5, 5.41) is 13.1. The molecule has 2 N–H and O–H groups in total. The van der Waals surface area contributed by atoms with Crippen LogP contribution in [-0.4, -0.2) is 11.7 Å².